The Kier molecular flexibility index (Phi) is 2.60. The molecule has 3 rings (SSSR count). The number of aromatic amines is 1. The predicted octanol–water partition coefficient (Wildman–Crippen LogP) is 3.47. The lowest BCUT2D eigenvalue weighted by molar-refractivity contribution is 0.0602. The van der Waals surface area contributed by atoms with Gasteiger partial charge in [-0.15, -0.1) is 11.3 Å². The van der Waals surface area contributed by atoms with Crippen LogP contribution in [0.3, 0.4) is 0 Å². The maximum atomic E-state index is 14.2. The number of ether oxygens (including phenoxy) is 1. The molecule has 0 fully saturated rings. The van der Waals surface area contributed by atoms with Crippen LogP contribution < -0.4 is 0 Å². The fraction of sp³-hybridized carbons (Fsp3) is 0.0909. The number of pyridine rings is 1. The number of hydrogen-bond acceptors (Lipinski definition) is 4. The molecule has 1 N–H and O–H groups in total. The Balaban J connectivity index is 2.37. The van der Waals surface area contributed by atoms with E-state index in [9.17, 15) is 9.18 Å². The molecule has 0 aliphatic heterocycles. The number of carbonyl (C=O) groups excluding carboxylic acids is 1. The van der Waals surface area contributed by atoms with Crippen molar-refractivity contribution in [2.24, 2.45) is 0 Å². The minimum Gasteiger partial charge on any atom is -0.465 e. The number of thiophene rings is 1. The zero-order valence-corrected chi connectivity index (χ0v) is 11.5. The van der Waals surface area contributed by atoms with E-state index in [-0.39, 0.29) is 4.88 Å². The lowest BCUT2D eigenvalue weighted by atomic mass is 10.3. The number of H-pyrrole nitrogens is 1. The van der Waals surface area contributed by atoms with Crippen LogP contribution in [0.2, 0.25) is 0 Å². The van der Waals surface area contributed by atoms with Crippen LogP contribution in [0.15, 0.2) is 16.7 Å². The standard InChI is InChI=1S/C11H6BrFN2O2S/c1-17-11(16)9-7(13)6-8-5(15-10(6)18-9)2-4(12)3-14-8/h2-3,15H,1H3. The summed E-state index contributed by atoms with van der Waals surface area (Å²) in [5, 5.41) is 0.336. The molecule has 4 nitrogen and oxygen atoms in total. The number of aromatic nitrogens is 2. The fourth-order valence-corrected chi connectivity index (χ4v) is 3.13. The highest BCUT2D eigenvalue weighted by molar-refractivity contribution is 9.10. The molecule has 0 saturated carbocycles. The van der Waals surface area contributed by atoms with Crippen molar-refractivity contribution in [2.45, 2.75) is 0 Å². The number of hydrogen-bond donors (Lipinski definition) is 1. The van der Waals surface area contributed by atoms with E-state index in [1.54, 1.807) is 6.20 Å². The van der Waals surface area contributed by atoms with E-state index in [4.69, 9.17) is 0 Å². The van der Waals surface area contributed by atoms with E-state index in [0.717, 1.165) is 21.3 Å². The molecular weight excluding hydrogens is 323 g/mol. The zero-order valence-electron chi connectivity index (χ0n) is 9.08. The molecule has 0 atom stereocenters. The number of halogens is 2. The van der Waals surface area contributed by atoms with Gasteiger partial charge in [-0.25, -0.2) is 9.18 Å². The third-order valence-electron chi connectivity index (χ3n) is 2.56. The SMILES string of the molecule is COC(=O)c1sc2[nH]c3cc(Br)cnc3c2c1F. The van der Waals surface area contributed by atoms with E-state index in [1.807, 2.05) is 6.07 Å². The topological polar surface area (TPSA) is 55.0 Å². The van der Waals surface area contributed by atoms with Crippen LogP contribution >= 0.6 is 27.3 Å². The molecule has 3 aromatic heterocycles. The van der Waals surface area contributed by atoms with Gasteiger partial charge in [-0.05, 0) is 22.0 Å². The summed E-state index contributed by atoms with van der Waals surface area (Å²) in [6.45, 7) is 0. The van der Waals surface area contributed by atoms with Crippen molar-refractivity contribution in [2.75, 3.05) is 7.11 Å². The molecule has 3 heterocycles. The van der Waals surface area contributed by atoms with E-state index >= 15 is 0 Å². The molecule has 0 aromatic carbocycles. The quantitative estimate of drug-likeness (QED) is 0.696. The van der Waals surface area contributed by atoms with Crippen molar-refractivity contribution < 1.29 is 13.9 Å². The first-order valence-electron chi connectivity index (χ1n) is 4.95. The Morgan fingerprint density at radius 2 is 2.39 bits per heavy atom. The molecule has 0 saturated heterocycles. The van der Waals surface area contributed by atoms with Crippen LogP contribution in [0.5, 0.6) is 0 Å². The first-order valence-corrected chi connectivity index (χ1v) is 6.56. The molecule has 7 heteroatoms. The molecular formula is C11H6BrFN2O2S. The summed E-state index contributed by atoms with van der Waals surface area (Å²) in [6, 6.07) is 1.81. The molecule has 0 amide bonds. The molecule has 0 aliphatic carbocycles. The number of fused-ring (bicyclic) bond motifs is 3. The van der Waals surface area contributed by atoms with Gasteiger partial charge in [-0.3, -0.25) is 4.98 Å². The van der Waals surface area contributed by atoms with Crippen LogP contribution in [0.1, 0.15) is 9.67 Å². The minimum atomic E-state index is -0.674. The first kappa shape index (κ1) is 11.6. The summed E-state index contributed by atoms with van der Waals surface area (Å²) in [6.07, 6.45) is 1.59. The van der Waals surface area contributed by atoms with Crippen molar-refractivity contribution in [3.05, 3.63) is 27.4 Å². The second-order valence-electron chi connectivity index (χ2n) is 3.62. The number of nitrogens with one attached hydrogen (secondary N) is 1. The fourth-order valence-electron chi connectivity index (χ4n) is 1.79. The van der Waals surface area contributed by atoms with Gasteiger partial charge in [-0.1, -0.05) is 0 Å². The van der Waals surface area contributed by atoms with Crippen molar-refractivity contribution in [3.63, 3.8) is 0 Å². The summed E-state index contributed by atoms with van der Waals surface area (Å²) < 4.78 is 19.5. The van der Waals surface area contributed by atoms with Gasteiger partial charge in [0.25, 0.3) is 0 Å². The second kappa shape index (κ2) is 4.03. The average molecular weight is 329 g/mol. The Bertz CT molecular complexity index is 780. The van der Waals surface area contributed by atoms with Crippen LogP contribution in [0.4, 0.5) is 4.39 Å². The van der Waals surface area contributed by atoms with Gasteiger partial charge >= 0.3 is 5.97 Å². The number of methoxy groups -OCH3 is 1. The third-order valence-corrected chi connectivity index (χ3v) is 4.05. The van der Waals surface area contributed by atoms with Crippen molar-refractivity contribution in [1.82, 2.24) is 9.97 Å². The summed E-state index contributed by atoms with van der Waals surface area (Å²) in [5.41, 5.74) is 1.23. The Morgan fingerprint density at radius 3 is 3.11 bits per heavy atom. The van der Waals surface area contributed by atoms with Gasteiger partial charge in [0.15, 0.2) is 10.7 Å². The molecule has 0 spiro atoms. The maximum Gasteiger partial charge on any atom is 0.351 e. The highest BCUT2D eigenvalue weighted by atomic mass is 79.9. The van der Waals surface area contributed by atoms with E-state index in [1.165, 1.54) is 7.11 Å². The zero-order chi connectivity index (χ0) is 12.9. The smallest absolute Gasteiger partial charge is 0.351 e. The van der Waals surface area contributed by atoms with Crippen molar-refractivity contribution in [1.29, 1.82) is 0 Å². The highest BCUT2D eigenvalue weighted by Crippen LogP contribution is 2.35. The van der Waals surface area contributed by atoms with Crippen molar-refractivity contribution in [3.8, 4) is 0 Å². The number of nitrogens with zero attached hydrogens (tertiary/aromatic N) is 1. The van der Waals surface area contributed by atoms with Gasteiger partial charge in [0.1, 0.15) is 4.83 Å². The molecule has 0 bridgehead atoms. The highest BCUT2D eigenvalue weighted by Gasteiger charge is 2.23. The predicted molar refractivity (Wildman–Crippen MR) is 70.5 cm³/mol. The number of carbonyl (C=O) groups is 1. The third kappa shape index (κ3) is 1.54. The summed E-state index contributed by atoms with van der Waals surface area (Å²) in [5.74, 6) is -1.25. The van der Waals surface area contributed by atoms with Gasteiger partial charge in [0, 0.05) is 10.7 Å². The number of esters is 1. The lowest BCUT2D eigenvalue weighted by Gasteiger charge is -1.95. The van der Waals surface area contributed by atoms with Gasteiger partial charge in [0.05, 0.1) is 23.5 Å². The Hall–Kier alpha value is -1.47. The van der Waals surface area contributed by atoms with E-state index in [2.05, 4.69) is 30.6 Å². The monoisotopic (exact) mass is 328 g/mol. The van der Waals surface area contributed by atoms with Gasteiger partial charge in [0.2, 0.25) is 0 Å². The van der Waals surface area contributed by atoms with Gasteiger partial charge in [-0.2, -0.15) is 0 Å². The van der Waals surface area contributed by atoms with Crippen LogP contribution in [0, 0.1) is 5.82 Å². The average Bonchev–Trinajstić information content (AvgIpc) is 2.85. The van der Waals surface area contributed by atoms with Crippen LogP contribution in [-0.4, -0.2) is 23.0 Å². The summed E-state index contributed by atoms with van der Waals surface area (Å²) >= 11 is 4.33. The normalized spacial score (nSPS) is 11.3. The molecule has 92 valence electrons. The molecule has 18 heavy (non-hydrogen) atoms. The Morgan fingerprint density at radius 1 is 1.61 bits per heavy atom. The minimum absolute atomic E-state index is 0.0367. The lowest BCUT2D eigenvalue weighted by Crippen LogP contribution is -2.00. The van der Waals surface area contributed by atoms with E-state index in [0.29, 0.717) is 15.7 Å². The largest absolute Gasteiger partial charge is 0.465 e. The molecule has 3 aromatic rings. The van der Waals surface area contributed by atoms with Crippen LogP contribution in [0.25, 0.3) is 21.3 Å². The van der Waals surface area contributed by atoms with E-state index < -0.39 is 11.8 Å². The molecule has 0 unspecified atom stereocenters. The Labute approximate surface area is 113 Å². The summed E-state index contributed by atoms with van der Waals surface area (Å²) in [7, 11) is 1.23. The van der Waals surface area contributed by atoms with Crippen LogP contribution in [-0.2, 0) is 4.74 Å². The maximum absolute atomic E-state index is 14.2. The molecule has 0 radical (unpaired) electrons. The second-order valence-corrected chi connectivity index (χ2v) is 5.55. The van der Waals surface area contributed by atoms with Gasteiger partial charge < -0.3 is 9.72 Å². The summed E-state index contributed by atoms with van der Waals surface area (Å²) in [4.78, 5) is 19.1. The molecule has 0 aliphatic rings. The van der Waals surface area contributed by atoms with Crippen molar-refractivity contribution >= 4 is 54.5 Å². The first-order chi connectivity index (χ1) is 8.61. The number of rotatable bonds is 1.